The van der Waals surface area contributed by atoms with Gasteiger partial charge in [-0.15, -0.1) is 0 Å². The lowest BCUT2D eigenvalue weighted by Crippen LogP contribution is -2.51. The molecule has 2 aromatic rings. The Morgan fingerprint density at radius 1 is 1.22 bits per heavy atom. The number of rotatable bonds is 2. The van der Waals surface area contributed by atoms with Gasteiger partial charge in [0.05, 0.1) is 25.9 Å². The molecule has 3 heterocycles. The van der Waals surface area contributed by atoms with Crippen LogP contribution in [0.5, 0.6) is 0 Å². The Labute approximate surface area is 159 Å². The third-order valence-corrected chi connectivity index (χ3v) is 5.42. The third-order valence-electron chi connectivity index (χ3n) is 5.42. The average molecular weight is 369 g/mol. The molecule has 2 aliphatic rings. The largest absolute Gasteiger partial charge is 0.376 e. The standard InChI is InChI=1S/C21H27N3O3/c1-21(2,3)18-12-24(11-17(27-18)14-7-5-4-6-8-14)20(25)19-15-13-26-10-9-16(15)22-23-19/h4-8,17-18H,9-13H2,1-3H3,(H,22,23)/t17-,18+/m0/s1. The quantitative estimate of drug-likeness (QED) is 0.883. The molecule has 2 atom stereocenters. The second-order valence-electron chi connectivity index (χ2n) is 8.43. The van der Waals surface area contributed by atoms with Crippen LogP contribution >= 0.6 is 0 Å². The molecule has 1 aromatic carbocycles. The lowest BCUT2D eigenvalue weighted by Gasteiger charge is -2.43. The van der Waals surface area contributed by atoms with Gasteiger partial charge in [0, 0.05) is 24.2 Å². The van der Waals surface area contributed by atoms with Crippen molar-refractivity contribution in [2.45, 2.75) is 46.0 Å². The summed E-state index contributed by atoms with van der Waals surface area (Å²) < 4.78 is 11.9. The van der Waals surface area contributed by atoms with Crippen molar-refractivity contribution >= 4 is 5.91 Å². The van der Waals surface area contributed by atoms with E-state index in [1.807, 2.05) is 23.1 Å². The lowest BCUT2D eigenvalue weighted by atomic mass is 9.87. The molecule has 0 unspecified atom stereocenters. The smallest absolute Gasteiger partial charge is 0.274 e. The molecule has 144 valence electrons. The zero-order valence-corrected chi connectivity index (χ0v) is 16.2. The van der Waals surface area contributed by atoms with E-state index in [1.54, 1.807) is 0 Å². The molecule has 27 heavy (non-hydrogen) atoms. The van der Waals surface area contributed by atoms with E-state index in [2.05, 4.69) is 43.1 Å². The second-order valence-corrected chi connectivity index (χ2v) is 8.43. The van der Waals surface area contributed by atoms with Crippen molar-refractivity contribution in [2.75, 3.05) is 19.7 Å². The maximum Gasteiger partial charge on any atom is 0.274 e. The van der Waals surface area contributed by atoms with Gasteiger partial charge in [0.25, 0.3) is 5.91 Å². The Morgan fingerprint density at radius 3 is 2.74 bits per heavy atom. The summed E-state index contributed by atoms with van der Waals surface area (Å²) in [4.78, 5) is 15.2. The molecule has 0 bridgehead atoms. The predicted molar refractivity (Wildman–Crippen MR) is 101 cm³/mol. The molecule has 2 aliphatic heterocycles. The minimum atomic E-state index is -0.140. The number of benzene rings is 1. The van der Waals surface area contributed by atoms with E-state index in [9.17, 15) is 4.79 Å². The maximum atomic E-state index is 13.3. The van der Waals surface area contributed by atoms with Gasteiger partial charge >= 0.3 is 0 Å². The van der Waals surface area contributed by atoms with Crippen LogP contribution < -0.4 is 0 Å². The Morgan fingerprint density at radius 2 is 2.00 bits per heavy atom. The highest BCUT2D eigenvalue weighted by atomic mass is 16.5. The Balaban J connectivity index is 1.62. The highest BCUT2D eigenvalue weighted by molar-refractivity contribution is 5.94. The number of nitrogens with one attached hydrogen (secondary N) is 1. The topological polar surface area (TPSA) is 67.5 Å². The molecule has 1 amide bonds. The maximum absolute atomic E-state index is 13.3. The molecule has 6 heteroatoms. The summed E-state index contributed by atoms with van der Waals surface area (Å²) in [7, 11) is 0. The minimum Gasteiger partial charge on any atom is -0.376 e. The van der Waals surface area contributed by atoms with Crippen LogP contribution in [0, 0.1) is 5.41 Å². The van der Waals surface area contributed by atoms with Gasteiger partial charge in [-0.3, -0.25) is 9.89 Å². The Kier molecular flexibility index (Phi) is 4.78. The van der Waals surface area contributed by atoms with Crippen LogP contribution in [0.2, 0.25) is 0 Å². The Hall–Kier alpha value is -2.18. The molecular formula is C21H27N3O3. The number of morpholine rings is 1. The van der Waals surface area contributed by atoms with Crippen LogP contribution in [0.3, 0.4) is 0 Å². The van der Waals surface area contributed by atoms with Gasteiger partial charge in [-0.1, -0.05) is 51.1 Å². The first-order valence-corrected chi connectivity index (χ1v) is 9.57. The van der Waals surface area contributed by atoms with E-state index in [4.69, 9.17) is 9.47 Å². The van der Waals surface area contributed by atoms with Crippen LogP contribution in [-0.4, -0.2) is 46.8 Å². The summed E-state index contributed by atoms with van der Waals surface area (Å²) in [5, 5.41) is 7.34. The predicted octanol–water partition coefficient (Wildman–Crippen LogP) is 3.11. The van der Waals surface area contributed by atoms with Crippen LogP contribution in [0.1, 0.15) is 54.2 Å². The van der Waals surface area contributed by atoms with Gasteiger partial charge in [-0.2, -0.15) is 5.10 Å². The fraction of sp³-hybridized carbons (Fsp3) is 0.524. The number of aromatic amines is 1. The number of amides is 1. The van der Waals surface area contributed by atoms with Crippen molar-refractivity contribution in [3.05, 3.63) is 52.8 Å². The van der Waals surface area contributed by atoms with Crippen molar-refractivity contribution in [3.8, 4) is 0 Å². The molecule has 0 aliphatic carbocycles. The van der Waals surface area contributed by atoms with Crippen molar-refractivity contribution in [3.63, 3.8) is 0 Å². The number of ether oxygens (including phenoxy) is 2. The van der Waals surface area contributed by atoms with E-state index in [0.717, 1.165) is 23.2 Å². The molecule has 4 rings (SSSR count). The van der Waals surface area contributed by atoms with Crippen molar-refractivity contribution in [1.29, 1.82) is 0 Å². The monoisotopic (exact) mass is 369 g/mol. The number of carbonyl (C=O) groups excluding carboxylic acids is 1. The first kappa shape index (κ1) is 18.2. The molecular weight excluding hydrogens is 342 g/mol. The molecule has 1 saturated heterocycles. The highest BCUT2D eigenvalue weighted by Crippen LogP contribution is 2.34. The SMILES string of the molecule is CC(C)(C)[C@H]1CN(C(=O)c2n[nH]c3c2COCC3)C[C@@H](c2ccccc2)O1. The molecule has 1 fully saturated rings. The molecule has 1 N–H and O–H groups in total. The fourth-order valence-corrected chi connectivity index (χ4v) is 3.69. The third kappa shape index (κ3) is 3.64. The summed E-state index contributed by atoms with van der Waals surface area (Å²) in [6.45, 7) is 8.66. The Bertz CT molecular complexity index is 810. The lowest BCUT2D eigenvalue weighted by molar-refractivity contribution is -0.119. The summed E-state index contributed by atoms with van der Waals surface area (Å²) in [6, 6.07) is 10.1. The number of carbonyl (C=O) groups is 1. The number of H-pyrrole nitrogens is 1. The normalized spacial score (nSPS) is 23.1. The van der Waals surface area contributed by atoms with Crippen molar-refractivity contribution < 1.29 is 14.3 Å². The first-order chi connectivity index (χ1) is 12.9. The number of aromatic nitrogens is 2. The van der Waals surface area contributed by atoms with Gasteiger partial charge in [0.1, 0.15) is 6.10 Å². The van der Waals surface area contributed by atoms with Crippen LogP contribution in [0.15, 0.2) is 30.3 Å². The first-order valence-electron chi connectivity index (χ1n) is 9.57. The molecule has 6 nitrogen and oxygen atoms in total. The molecule has 1 aromatic heterocycles. The van der Waals surface area contributed by atoms with Crippen LogP contribution in [0.25, 0.3) is 0 Å². The summed E-state index contributed by atoms with van der Waals surface area (Å²) in [6.07, 6.45) is 0.585. The van der Waals surface area contributed by atoms with E-state index in [1.165, 1.54) is 0 Å². The van der Waals surface area contributed by atoms with E-state index >= 15 is 0 Å². The summed E-state index contributed by atoms with van der Waals surface area (Å²) in [5.41, 5.74) is 3.44. The molecule has 0 saturated carbocycles. The van der Waals surface area contributed by atoms with E-state index < -0.39 is 0 Å². The van der Waals surface area contributed by atoms with Crippen molar-refractivity contribution in [2.24, 2.45) is 5.41 Å². The van der Waals surface area contributed by atoms with Crippen LogP contribution in [-0.2, 0) is 22.5 Å². The molecule has 0 radical (unpaired) electrons. The zero-order chi connectivity index (χ0) is 19.0. The van der Waals surface area contributed by atoms with Crippen LogP contribution in [0.4, 0.5) is 0 Å². The van der Waals surface area contributed by atoms with E-state index in [-0.39, 0.29) is 23.5 Å². The van der Waals surface area contributed by atoms with Gasteiger partial charge < -0.3 is 14.4 Å². The fourth-order valence-electron chi connectivity index (χ4n) is 3.69. The van der Waals surface area contributed by atoms with Gasteiger partial charge in [-0.25, -0.2) is 0 Å². The number of hydrogen-bond acceptors (Lipinski definition) is 4. The second kappa shape index (κ2) is 7.09. The van der Waals surface area contributed by atoms with E-state index in [0.29, 0.717) is 32.0 Å². The summed E-state index contributed by atoms with van der Waals surface area (Å²) in [5.74, 6) is -0.0449. The zero-order valence-electron chi connectivity index (χ0n) is 16.2. The average Bonchev–Trinajstić information content (AvgIpc) is 3.11. The number of fused-ring (bicyclic) bond motifs is 1. The van der Waals surface area contributed by atoms with Gasteiger partial charge in [-0.05, 0) is 11.0 Å². The number of nitrogens with zero attached hydrogens (tertiary/aromatic N) is 2. The molecule has 0 spiro atoms. The van der Waals surface area contributed by atoms with Gasteiger partial charge in [0.15, 0.2) is 5.69 Å². The highest BCUT2D eigenvalue weighted by Gasteiger charge is 2.39. The number of hydrogen-bond donors (Lipinski definition) is 1. The minimum absolute atomic E-state index is 0.0449. The van der Waals surface area contributed by atoms with Gasteiger partial charge in [0.2, 0.25) is 0 Å². The van der Waals surface area contributed by atoms with Crippen molar-refractivity contribution in [1.82, 2.24) is 15.1 Å². The summed E-state index contributed by atoms with van der Waals surface area (Å²) >= 11 is 0.